The minimum absolute atomic E-state index is 0.215. The summed E-state index contributed by atoms with van der Waals surface area (Å²) < 4.78 is 3.89. The van der Waals surface area contributed by atoms with Crippen LogP contribution in [0.5, 0.6) is 0 Å². The number of halogens is 1. The quantitative estimate of drug-likeness (QED) is 0.913. The molecule has 2 aromatic heterocycles. The molecule has 17 heavy (non-hydrogen) atoms. The number of aromatic nitrogens is 4. The van der Waals surface area contributed by atoms with Gasteiger partial charge in [0.1, 0.15) is 5.69 Å². The molecule has 0 radical (unpaired) electrons. The van der Waals surface area contributed by atoms with Crippen LogP contribution in [0.25, 0.3) is 0 Å². The summed E-state index contributed by atoms with van der Waals surface area (Å²) in [5.41, 5.74) is 2.08. The molecule has 2 aromatic rings. The van der Waals surface area contributed by atoms with Crippen LogP contribution in [0.3, 0.4) is 0 Å². The molecule has 0 unspecified atom stereocenters. The number of hydrogen-bond donors (Lipinski definition) is 1. The molecule has 0 saturated carbocycles. The van der Waals surface area contributed by atoms with Gasteiger partial charge in [0.2, 0.25) is 0 Å². The van der Waals surface area contributed by atoms with Gasteiger partial charge in [0.05, 0.1) is 28.2 Å². The molecule has 0 spiro atoms. The number of nitrogens with one attached hydrogen (secondary N) is 1. The Labute approximate surface area is 107 Å². The van der Waals surface area contributed by atoms with Crippen molar-refractivity contribution in [3.8, 4) is 0 Å². The second-order valence-electron chi connectivity index (χ2n) is 3.69. The fourth-order valence-electron chi connectivity index (χ4n) is 1.47. The van der Waals surface area contributed by atoms with Crippen LogP contribution in [0, 0.1) is 6.92 Å². The van der Waals surface area contributed by atoms with Crippen molar-refractivity contribution in [3.05, 3.63) is 28.3 Å². The third kappa shape index (κ3) is 2.10. The minimum atomic E-state index is -0.215. The lowest BCUT2D eigenvalue weighted by Gasteiger charge is -2.05. The Balaban J connectivity index is 2.26. The second kappa shape index (κ2) is 4.33. The third-order valence-electron chi connectivity index (χ3n) is 2.59. The van der Waals surface area contributed by atoms with Crippen LogP contribution >= 0.6 is 15.9 Å². The van der Waals surface area contributed by atoms with E-state index in [1.165, 1.54) is 4.68 Å². The van der Waals surface area contributed by atoms with Crippen molar-refractivity contribution in [2.24, 2.45) is 14.1 Å². The first-order valence-electron chi connectivity index (χ1n) is 4.98. The van der Waals surface area contributed by atoms with Crippen molar-refractivity contribution < 1.29 is 4.79 Å². The van der Waals surface area contributed by atoms with Gasteiger partial charge < -0.3 is 5.32 Å². The highest BCUT2D eigenvalue weighted by Gasteiger charge is 2.16. The topological polar surface area (TPSA) is 64.7 Å². The molecule has 0 atom stereocenters. The average Bonchev–Trinajstić information content (AvgIpc) is 2.76. The Hall–Kier alpha value is -1.63. The lowest BCUT2D eigenvalue weighted by Crippen LogP contribution is -2.17. The molecule has 0 bridgehead atoms. The number of rotatable bonds is 2. The van der Waals surface area contributed by atoms with Crippen LogP contribution in [0.15, 0.2) is 16.9 Å². The Morgan fingerprint density at radius 2 is 1.94 bits per heavy atom. The van der Waals surface area contributed by atoms with Gasteiger partial charge in [-0.3, -0.25) is 14.2 Å². The van der Waals surface area contributed by atoms with E-state index in [-0.39, 0.29) is 5.91 Å². The summed E-state index contributed by atoms with van der Waals surface area (Å²) in [5.74, 6) is -0.215. The predicted octanol–water partition coefficient (Wildman–Crippen LogP) is 1.48. The number of carbonyl (C=O) groups is 1. The SMILES string of the molecule is Cc1c(NC(=O)c2c(Br)cnn2C)cnn1C. The monoisotopic (exact) mass is 297 g/mol. The largest absolute Gasteiger partial charge is 0.318 e. The fraction of sp³-hybridized carbons (Fsp3) is 0.300. The lowest BCUT2D eigenvalue weighted by atomic mass is 10.3. The van der Waals surface area contributed by atoms with Crippen molar-refractivity contribution >= 4 is 27.5 Å². The fourth-order valence-corrected chi connectivity index (χ4v) is 2.00. The molecule has 0 fully saturated rings. The van der Waals surface area contributed by atoms with Gasteiger partial charge in [-0.1, -0.05) is 0 Å². The lowest BCUT2D eigenvalue weighted by molar-refractivity contribution is 0.101. The molecule has 0 aliphatic carbocycles. The van der Waals surface area contributed by atoms with E-state index < -0.39 is 0 Å². The summed E-state index contributed by atoms with van der Waals surface area (Å²) in [6, 6.07) is 0. The first-order valence-corrected chi connectivity index (χ1v) is 5.77. The molecule has 90 valence electrons. The van der Waals surface area contributed by atoms with E-state index in [9.17, 15) is 4.79 Å². The molecular weight excluding hydrogens is 286 g/mol. The number of nitrogens with zero attached hydrogens (tertiary/aromatic N) is 4. The van der Waals surface area contributed by atoms with Crippen LogP contribution in [0.4, 0.5) is 5.69 Å². The average molecular weight is 298 g/mol. The summed E-state index contributed by atoms with van der Waals surface area (Å²) in [4.78, 5) is 12.0. The van der Waals surface area contributed by atoms with Gasteiger partial charge in [0.25, 0.3) is 5.91 Å². The number of carbonyl (C=O) groups excluding carboxylic acids is 1. The van der Waals surface area contributed by atoms with Crippen molar-refractivity contribution in [2.45, 2.75) is 6.92 Å². The molecule has 0 aliphatic heterocycles. The molecular formula is C10H12BrN5O. The molecule has 2 heterocycles. The van der Waals surface area contributed by atoms with E-state index in [0.717, 1.165) is 5.69 Å². The van der Waals surface area contributed by atoms with Crippen LogP contribution < -0.4 is 5.32 Å². The van der Waals surface area contributed by atoms with Crippen LogP contribution in [0.2, 0.25) is 0 Å². The summed E-state index contributed by atoms with van der Waals surface area (Å²) in [6.07, 6.45) is 3.21. The summed E-state index contributed by atoms with van der Waals surface area (Å²) >= 11 is 3.29. The molecule has 1 amide bonds. The summed E-state index contributed by atoms with van der Waals surface area (Å²) in [6.45, 7) is 1.89. The zero-order chi connectivity index (χ0) is 12.6. The zero-order valence-electron chi connectivity index (χ0n) is 9.73. The first-order chi connectivity index (χ1) is 8.00. The van der Waals surface area contributed by atoms with E-state index in [4.69, 9.17) is 0 Å². The minimum Gasteiger partial charge on any atom is -0.318 e. The summed E-state index contributed by atoms with van der Waals surface area (Å²) in [7, 11) is 3.54. The number of hydrogen-bond acceptors (Lipinski definition) is 3. The van der Waals surface area contributed by atoms with E-state index in [2.05, 4.69) is 31.4 Å². The third-order valence-corrected chi connectivity index (χ3v) is 3.17. The second-order valence-corrected chi connectivity index (χ2v) is 4.54. The molecule has 7 heteroatoms. The highest BCUT2D eigenvalue weighted by atomic mass is 79.9. The molecule has 2 rings (SSSR count). The maximum Gasteiger partial charge on any atom is 0.275 e. The highest BCUT2D eigenvalue weighted by molar-refractivity contribution is 9.10. The number of amides is 1. The van der Waals surface area contributed by atoms with Crippen molar-refractivity contribution in [3.63, 3.8) is 0 Å². The maximum atomic E-state index is 12.0. The smallest absolute Gasteiger partial charge is 0.275 e. The van der Waals surface area contributed by atoms with Gasteiger partial charge in [-0.15, -0.1) is 0 Å². The first kappa shape index (κ1) is 11.8. The van der Waals surface area contributed by atoms with Gasteiger partial charge in [-0.05, 0) is 22.9 Å². The Morgan fingerprint density at radius 1 is 1.29 bits per heavy atom. The number of anilines is 1. The van der Waals surface area contributed by atoms with Gasteiger partial charge in [0, 0.05) is 14.1 Å². The Morgan fingerprint density at radius 3 is 2.41 bits per heavy atom. The van der Waals surface area contributed by atoms with E-state index in [0.29, 0.717) is 15.9 Å². The van der Waals surface area contributed by atoms with Crippen molar-refractivity contribution in [1.82, 2.24) is 19.6 Å². The van der Waals surface area contributed by atoms with E-state index in [1.807, 2.05) is 14.0 Å². The molecule has 0 aliphatic rings. The normalized spacial score (nSPS) is 10.6. The molecule has 0 aromatic carbocycles. The van der Waals surface area contributed by atoms with Gasteiger partial charge in [-0.2, -0.15) is 10.2 Å². The van der Waals surface area contributed by atoms with E-state index in [1.54, 1.807) is 24.1 Å². The Bertz CT molecular complexity index is 552. The number of aryl methyl sites for hydroxylation is 2. The highest BCUT2D eigenvalue weighted by Crippen LogP contribution is 2.18. The van der Waals surface area contributed by atoms with Gasteiger partial charge >= 0.3 is 0 Å². The van der Waals surface area contributed by atoms with Crippen LogP contribution in [-0.4, -0.2) is 25.5 Å². The maximum absolute atomic E-state index is 12.0. The van der Waals surface area contributed by atoms with Crippen molar-refractivity contribution in [2.75, 3.05) is 5.32 Å². The molecule has 1 N–H and O–H groups in total. The summed E-state index contributed by atoms with van der Waals surface area (Å²) in [5, 5.41) is 10.9. The zero-order valence-corrected chi connectivity index (χ0v) is 11.3. The van der Waals surface area contributed by atoms with E-state index >= 15 is 0 Å². The van der Waals surface area contributed by atoms with Gasteiger partial charge in [0.15, 0.2) is 0 Å². The molecule has 0 saturated heterocycles. The predicted molar refractivity (Wildman–Crippen MR) is 66.8 cm³/mol. The van der Waals surface area contributed by atoms with Gasteiger partial charge in [-0.25, -0.2) is 0 Å². The van der Waals surface area contributed by atoms with Crippen LogP contribution in [0.1, 0.15) is 16.2 Å². The van der Waals surface area contributed by atoms with Crippen LogP contribution in [-0.2, 0) is 14.1 Å². The van der Waals surface area contributed by atoms with Crippen molar-refractivity contribution in [1.29, 1.82) is 0 Å². The standard InChI is InChI=1S/C10H12BrN5O/c1-6-8(5-13-15(6)2)14-10(17)9-7(11)4-12-16(9)3/h4-5H,1-3H3,(H,14,17). The molecule has 6 nitrogen and oxygen atoms in total. The Kier molecular flexibility index (Phi) is 3.01.